The summed E-state index contributed by atoms with van der Waals surface area (Å²) >= 11 is 0. The topological polar surface area (TPSA) is 29.4 Å². The number of carbonyl (C=O) groups excluding carboxylic acids is 1. The van der Waals surface area contributed by atoms with Gasteiger partial charge in [-0.2, -0.15) is 0 Å². The van der Waals surface area contributed by atoms with Crippen molar-refractivity contribution in [3.8, 4) is 0 Å². The van der Waals surface area contributed by atoms with Gasteiger partial charge in [0.05, 0.1) is 6.54 Å². The van der Waals surface area contributed by atoms with Crippen LogP contribution < -0.4 is 0 Å². The summed E-state index contributed by atoms with van der Waals surface area (Å²) < 4.78 is 0. The van der Waals surface area contributed by atoms with Crippen LogP contribution in [0.4, 0.5) is 0 Å². The number of nitrogens with zero attached hydrogens (tertiary/aromatic N) is 1. The number of unbranched alkanes of at least 4 members (excludes halogenated alkanes) is 8. The Balaban J connectivity index is 3.63. The normalized spacial score (nSPS) is 12.1. The summed E-state index contributed by atoms with van der Waals surface area (Å²) in [5.74, 6) is 0.615. The molecule has 112 valence electrons. The number of aliphatic imine (C=N–C) groups is 1. The van der Waals surface area contributed by atoms with Crippen LogP contribution in [0.1, 0.15) is 90.9 Å². The second kappa shape index (κ2) is 15.4. The summed E-state index contributed by atoms with van der Waals surface area (Å²) in [5, 5.41) is 0. The fourth-order valence-electron chi connectivity index (χ4n) is 2.57. The zero-order valence-electron chi connectivity index (χ0n) is 13.1. The molecule has 0 aliphatic rings. The van der Waals surface area contributed by atoms with Gasteiger partial charge in [-0.25, -0.2) is 9.79 Å². The van der Waals surface area contributed by atoms with Crippen LogP contribution in [0.3, 0.4) is 0 Å². The van der Waals surface area contributed by atoms with Gasteiger partial charge in [0.1, 0.15) is 0 Å². The summed E-state index contributed by atoms with van der Waals surface area (Å²) in [6.07, 6.45) is 17.5. The SMILES string of the molecule is CCCCCCCCC(CCCCCC)CN=C=O. The van der Waals surface area contributed by atoms with Crippen molar-refractivity contribution in [1.82, 2.24) is 0 Å². The average Bonchev–Trinajstić information content (AvgIpc) is 2.43. The summed E-state index contributed by atoms with van der Waals surface area (Å²) in [5.41, 5.74) is 0. The predicted molar refractivity (Wildman–Crippen MR) is 83.2 cm³/mol. The predicted octanol–water partition coefficient (Wildman–Crippen LogP) is 5.66. The van der Waals surface area contributed by atoms with E-state index in [9.17, 15) is 4.79 Å². The van der Waals surface area contributed by atoms with E-state index in [1.54, 1.807) is 6.08 Å². The van der Waals surface area contributed by atoms with Crippen molar-refractivity contribution in [2.75, 3.05) is 6.54 Å². The van der Waals surface area contributed by atoms with Gasteiger partial charge in [0, 0.05) is 0 Å². The molecule has 0 fully saturated rings. The zero-order valence-corrected chi connectivity index (χ0v) is 13.1. The van der Waals surface area contributed by atoms with E-state index >= 15 is 0 Å². The van der Waals surface area contributed by atoms with E-state index in [4.69, 9.17) is 0 Å². The lowest BCUT2D eigenvalue weighted by atomic mass is 9.94. The number of hydrogen-bond acceptors (Lipinski definition) is 2. The van der Waals surface area contributed by atoms with Gasteiger partial charge in [-0.3, -0.25) is 0 Å². The first-order chi connectivity index (χ1) is 9.35. The minimum Gasteiger partial charge on any atom is -0.211 e. The van der Waals surface area contributed by atoms with Gasteiger partial charge in [0.25, 0.3) is 0 Å². The van der Waals surface area contributed by atoms with Crippen molar-refractivity contribution in [3.63, 3.8) is 0 Å². The summed E-state index contributed by atoms with van der Waals surface area (Å²) in [4.78, 5) is 14.0. The maximum atomic E-state index is 10.2. The van der Waals surface area contributed by atoms with Crippen LogP contribution in [0, 0.1) is 5.92 Å². The summed E-state index contributed by atoms with van der Waals surface area (Å²) in [6, 6.07) is 0. The molecular formula is C17H33NO. The molecule has 1 atom stereocenters. The van der Waals surface area contributed by atoms with Crippen LogP contribution >= 0.6 is 0 Å². The third-order valence-electron chi connectivity index (χ3n) is 3.85. The molecule has 0 aromatic rings. The molecule has 0 saturated heterocycles. The molecule has 2 nitrogen and oxygen atoms in total. The first-order valence-corrected chi connectivity index (χ1v) is 8.38. The van der Waals surface area contributed by atoms with E-state index in [-0.39, 0.29) is 0 Å². The van der Waals surface area contributed by atoms with Crippen LogP contribution in [0.25, 0.3) is 0 Å². The van der Waals surface area contributed by atoms with Crippen LogP contribution in [0.5, 0.6) is 0 Å². The first-order valence-electron chi connectivity index (χ1n) is 8.38. The largest absolute Gasteiger partial charge is 0.234 e. The van der Waals surface area contributed by atoms with Crippen molar-refractivity contribution in [2.45, 2.75) is 90.9 Å². The smallest absolute Gasteiger partial charge is 0.211 e. The summed E-state index contributed by atoms with van der Waals surface area (Å²) in [7, 11) is 0. The Bertz CT molecular complexity index is 221. The maximum Gasteiger partial charge on any atom is 0.234 e. The minimum atomic E-state index is 0.615. The Labute approximate surface area is 120 Å². The molecule has 19 heavy (non-hydrogen) atoms. The molecule has 0 aromatic carbocycles. The number of rotatable bonds is 14. The molecule has 0 aliphatic carbocycles. The highest BCUT2D eigenvalue weighted by Gasteiger charge is 2.07. The van der Waals surface area contributed by atoms with E-state index in [1.165, 1.54) is 77.0 Å². The van der Waals surface area contributed by atoms with E-state index in [0.29, 0.717) is 12.5 Å². The Hall–Kier alpha value is -0.620. The molecule has 2 heteroatoms. The Kier molecular flexibility index (Phi) is 14.9. The molecule has 0 bridgehead atoms. The molecule has 0 saturated carbocycles. The highest BCUT2D eigenvalue weighted by atomic mass is 16.1. The minimum absolute atomic E-state index is 0.615. The molecule has 0 heterocycles. The fourth-order valence-corrected chi connectivity index (χ4v) is 2.57. The second-order valence-corrected chi connectivity index (χ2v) is 5.70. The van der Waals surface area contributed by atoms with Crippen molar-refractivity contribution in [3.05, 3.63) is 0 Å². The number of hydrogen-bond donors (Lipinski definition) is 0. The third kappa shape index (κ3) is 13.6. The molecule has 0 spiro atoms. The van der Waals surface area contributed by atoms with Crippen LogP contribution in [-0.4, -0.2) is 12.6 Å². The monoisotopic (exact) mass is 267 g/mol. The van der Waals surface area contributed by atoms with Crippen molar-refractivity contribution in [2.24, 2.45) is 10.9 Å². The Morgan fingerprint density at radius 1 is 0.789 bits per heavy atom. The molecular weight excluding hydrogens is 234 g/mol. The van der Waals surface area contributed by atoms with Crippen LogP contribution in [-0.2, 0) is 4.79 Å². The highest BCUT2D eigenvalue weighted by molar-refractivity contribution is 5.32. The van der Waals surface area contributed by atoms with Gasteiger partial charge in [-0.1, -0.05) is 78.1 Å². The molecule has 0 aromatic heterocycles. The van der Waals surface area contributed by atoms with Gasteiger partial charge in [0.15, 0.2) is 0 Å². The molecule has 1 unspecified atom stereocenters. The zero-order chi connectivity index (χ0) is 14.2. The van der Waals surface area contributed by atoms with E-state index < -0.39 is 0 Å². The lowest BCUT2D eigenvalue weighted by Gasteiger charge is -2.13. The van der Waals surface area contributed by atoms with Gasteiger partial charge < -0.3 is 0 Å². The second-order valence-electron chi connectivity index (χ2n) is 5.70. The molecule has 0 aliphatic heterocycles. The average molecular weight is 267 g/mol. The molecule has 0 amide bonds. The Morgan fingerprint density at radius 2 is 1.26 bits per heavy atom. The van der Waals surface area contributed by atoms with Gasteiger partial charge in [-0.15, -0.1) is 0 Å². The fraction of sp³-hybridized carbons (Fsp3) is 0.941. The van der Waals surface area contributed by atoms with Crippen LogP contribution in [0.2, 0.25) is 0 Å². The van der Waals surface area contributed by atoms with Crippen molar-refractivity contribution < 1.29 is 4.79 Å². The van der Waals surface area contributed by atoms with E-state index in [0.717, 1.165) is 0 Å². The molecule has 0 rings (SSSR count). The third-order valence-corrected chi connectivity index (χ3v) is 3.85. The maximum absolute atomic E-state index is 10.2. The molecule has 0 N–H and O–H groups in total. The number of isocyanates is 1. The van der Waals surface area contributed by atoms with E-state index in [1.807, 2.05) is 0 Å². The van der Waals surface area contributed by atoms with Crippen molar-refractivity contribution >= 4 is 6.08 Å². The standard InChI is InChI=1S/C17H33NO/c1-3-5-7-9-10-12-14-17(15-18-16-19)13-11-8-6-4-2/h17H,3-15H2,1-2H3. The lowest BCUT2D eigenvalue weighted by Crippen LogP contribution is -2.05. The highest BCUT2D eigenvalue weighted by Crippen LogP contribution is 2.19. The van der Waals surface area contributed by atoms with Gasteiger partial charge >= 0.3 is 0 Å². The first kappa shape index (κ1) is 18.4. The summed E-state index contributed by atoms with van der Waals surface area (Å²) in [6.45, 7) is 5.19. The van der Waals surface area contributed by atoms with Gasteiger partial charge in [-0.05, 0) is 18.8 Å². The lowest BCUT2D eigenvalue weighted by molar-refractivity contribution is 0.412. The van der Waals surface area contributed by atoms with Crippen molar-refractivity contribution in [1.29, 1.82) is 0 Å². The quantitative estimate of drug-likeness (QED) is 0.227. The molecule has 0 radical (unpaired) electrons. The van der Waals surface area contributed by atoms with E-state index in [2.05, 4.69) is 18.8 Å². The van der Waals surface area contributed by atoms with Gasteiger partial charge in [0.2, 0.25) is 6.08 Å². The van der Waals surface area contributed by atoms with Crippen LogP contribution in [0.15, 0.2) is 4.99 Å². The Morgan fingerprint density at radius 3 is 1.79 bits per heavy atom.